The quantitative estimate of drug-likeness (QED) is 0.779. The zero-order valence-electron chi connectivity index (χ0n) is 11.6. The zero-order valence-corrected chi connectivity index (χ0v) is 12.4. The largest absolute Gasteiger partial charge is 0.494 e. The van der Waals surface area contributed by atoms with Gasteiger partial charge in [-0.05, 0) is 30.8 Å². The fraction of sp³-hybridized carbons (Fsp3) is 0.400. The number of hydrogen-bond acceptors (Lipinski definition) is 3. The van der Waals surface area contributed by atoms with Gasteiger partial charge in [-0.3, -0.25) is 4.90 Å². The minimum Gasteiger partial charge on any atom is -0.494 e. The molecule has 0 radical (unpaired) electrons. The van der Waals surface area contributed by atoms with Gasteiger partial charge >= 0.3 is 0 Å². The minimum absolute atomic E-state index is 0.513. The van der Waals surface area contributed by atoms with E-state index < -0.39 is 0 Å². The van der Waals surface area contributed by atoms with Crippen molar-refractivity contribution in [3.05, 3.63) is 35.0 Å². The third-order valence-electron chi connectivity index (χ3n) is 3.37. The topological polar surface area (TPSA) is 25.4 Å². The zero-order chi connectivity index (χ0) is 13.8. The highest BCUT2D eigenvalue weighted by atomic mass is 35.5. The lowest BCUT2D eigenvalue weighted by Crippen LogP contribution is -2.22. The molecule has 0 saturated heterocycles. The summed E-state index contributed by atoms with van der Waals surface area (Å²) in [4.78, 5) is 6.74. The molecule has 0 bridgehead atoms. The van der Waals surface area contributed by atoms with E-state index in [2.05, 4.69) is 29.8 Å². The van der Waals surface area contributed by atoms with Crippen molar-refractivity contribution in [2.45, 2.75) is 20.4 Å². The fourth-order valence-electron chi connectivity index (χ4n) is 2.24. The van der Waals surface area contributed by atoms with E-state index in [-0.39, 0.29) is 0 Å². The Morgan fingerprint density at radius 1 is 1.26 bits per heavy atom. The van der Waals surface area contributed by atoms with Crippen molar-refractivity contribution in [2.24, 2.45) is 0 Å². The number of aromatic nitrogens is 1. The number of ether oxygens (including phenoxy) is 1. The van der Waals surface area contributed by atoms with Gasteiger partial charge in [-0.25, -0.2) is 4.98 Å². The standard InChI is InChI=1S/C15H19ClN2O/c1-4-18(5-2)10-11-9-14(16)17-15-12(11)7-6-8-13(15)19-3/h6-9H,4-5,10H2,1-3H3. The number of para-hydroxylation sites is 1. The van der Waals surface area contributed by atoms with E-state index in [0.717, 1.165) is 36.3 Å². The molecule has 0 unspecified atom stereocenters. The van der Waals surface area contributed by atoms with Crippen LogP contribution < -0.4 is 4.74 Å². The smallest absolute Gasteiger partial charge is 0.145 e. The van der Waals surface area contributed by atoms with Crippen LogP contribution in [0.5, 0.6) is 5.75 Å². The summed E-state index contributed by atoms with van der Waals surface area (Å²) in [6.45, 7) is 7.23. The van der Waals surface area contributed by atoms with Crippen LogP contribution in [-0.4, -0.2) is 30.1 Å². The van der Waals surface area contributed by atoms with Crippen LogP contribution in [0, 0.1) is 0 Å². The van der Waals surface area contributed by atoms with Crippen molar-refractivity contribution < 1.29 is 4.74 Å². The summed E-state index contributed by atoms with van der Waals surface area (Å²) >= 11 is 6.14. The maximum Gasteiger partial charge on any atom is 0.145 e. The molecular weight excluding hydrogens is 260 g/mol. The van der Waals surface area contributed by atoms with E-state index in [0.29, 0.717) is 5.15 Å². The third-order valence-corrected chi connectivity index (χ3v) is 3.56. The molecular formula is C15H19ClN2O. The van der Waals surface area contributed by atoms with Crippen LogP contribution >= 0.6 is 11.6 Å². The van der Waals surface area contributed by atoms with Gasteiger partial charge in [0.25, 0.3) is 0 Å². The Labute approximate surface area is 119 Å². The normalized spacial score (nSPS) is 11.2. The number of rotatable bonds is 5. The molecule has 0 atom stereocenters. The summed E-state index contributed by atoms with van der Waals surface area (Å²) in [6, 6.07) is 7.91. The fourth-order valence-corrected chi connectivity index (χ4v) is 2.46. The van der Waals surface area contributed by atoms with Crippen LogP contribution in [0.1, 0.15) is 19.4 Å². The van der Waals surface area contributed by atoms with Crippen molar-refractivity contribution in [3.8, 4) is 5.75 Å². The Kier molecular flexibility index (Phi) is 4.61. The molecule has 2 aromatic rings. The maximum atomic E-state index is 6.14. The number of pyridine rings is 1. The minimum atomic E-state index is 0.513. The summed E-state index contributed by atoms with van der Waals surface area (Å²) in [5.41, 5.74) is 2.03. The second kappa shape index (κ2) is 6.22. The first kappa shape index (κ1) is 14.1. The summed E-state index contributed by atoms with van der Waals surface area (Å²) in [6.07, 6.45) is 0. The van der Waals surface area contributed by atoms with Crippen LogP contribution in [0.15, 0.2) is 24.3 Å². The number of halogens is 1. The average molecular weight is 279 g/mol. The van der Waals surface area contributed by atoms with E-state index in [1.54, 1.807) is 7.11 Å². The number of hydrogen-bond donors (Lipinski definition) is 0. The molecule has 4 heteroatoms. The van der Waals surface area contributed by atoms with Gasteiger partial charge in [0.05, 0.1) is 7.11 Å². The number of nitrogens with zero attached hydrogens (tertiary/aromatic N) is 2. The Morgan fingerprint density at radius 2 is 2.00 bits per heavy atom. The third kappa shape index (κ3) is 2.99. The second-order valence-corrected chi connectivity index (χ2v) is 4.81. The van der Waals surface area contributed by atoms with Gasteiger partial charge < -0.3 is 4.74 Å². The lowest BCUT2D eigenvalue weighted by atomic mass is 10.1. The maximum absolute atomic E-state index is 6.14. The van der Waals surface area contributed by atoms with Gasteiger partial charge in [-0.2, -0.15) is 0 Å². The van der Waals surface area contributed by atoms with Gasteiger partial charge in [0, 0.05) is 11.9 Å². The van der Waals surface area contributed by atoms with E-state index >= 15 is 0 Å². The first-order chi connectivity index (χ1) is 9.19. The summed E-state index contributed by atoms with van der Waals surface area (Å²) in [5.74, 6) is 0.765. The summed E-state index contributed by atoms with van der Waals surface area (Å²) in [7, 11) is 1.65. The van der Waals surface area contributed by atoms with Crippen LogP contribution in [0.3, 0.4) is 0 Å². The number of fused-ring (bicyclic) bond motifs is 1. The van der Waals surface area contributed by atoms with E-state index in [1.807, 2.05) is 18.2 Å². The highest BCUT2D eigenvalue weighted by Crippen LogP contribution is 2.28. The van der Waals surface area contributed by atoms with Crippen LogP contribution in [0.2, 0.25) is 5.15 Å². The predicted molar refractivity (Wildman–Crippen MR) is 79.9 cm³/mol. The number of methoxy groups -OCH3 is 1. The molecule has 0 saturated carbocycles. The summed E-state index contributed by atoms with van der Waals surface area (Å²) < 4.78 is 5.36. The molecule has 3 nitrogen and oxygen atoms in total. The van der Waals surface area contributed by atoms with Gasteiger partial charge in [-0.15, -0.1) is 0 Å². The molecule has 19 heavy (non-hydrogen) atoms. The van der Waals surface area contributed by atoms with Crippen LogP contribution in [0.4, 0.5) is 0 Å². The molecule has 1 aromatic carbocycles. The van der Waals surface area contributed by atoms with Crippen LogP contribution in [0.25, 0.3) is 10.9 Å². The summed E-state index contributed by atoms with van der Waals surface area (Å²) in [5, 5.41) is 1.62. The molecule has 0 amide bonds. The van der Waals surface area contributed by atoms with Crippen molar-refractivity contribution in [3.63, 3.8) is 0 Å². The highest BCUT2D eigenvalue weighted by molar-refractivity contribution is 6.30. The molecule has 0 spiro atoms. The number of benzene rings is 1. The van der Waals surface area contributed by atoms with E-state index in [1.165, 1.54) is 5.56 Å². The molecule has 102 valence electrons. The SMILES string of the molecule is CCN(CC)Cc1cc(Cl)nc2c(OC)cccc12. The van der Waals surface area contributed by atoms with E-state index in [4.69, 9.17) is 16.3 Å². The van der Waals surface area contributed by atoms with Crippen molar-refractivity contribution in [1.29, 1.82) is 0 Å². The van der Waals surface area contributed by atoms with Gasteiger partial charge in [0.15, 0.2) is 0 Å². The highest BCUT2D eigenvalue weighted by Gasteiger charge is 2.11. The van der Waals surface area contributed by atoms with Gasteiger partial charge in [0.2, 0.25) is 0 Å². The Balaban J connectivity index is 2.54. The lowest BCUT2D eigenvalue weighted by molar-refractivity contribution is 0.297. The molecule has 1 heterocycles. The first-order valence-electron chi connectivity index (χ1n) is 6.54. The van der Waals surface area contributed by atoms with Crippen LogP contribution in [-0.2, 0) is 6.54 Å². The molecule has 1 aromatic heterocycles. The predicted octanol–water partition coefficient (Wildman–Crippen LogP) is 3.74. The molecule has 0 N–H and O–H groups in total. The molecule has 0 aliphatic carbocycles. The molecule has 0 aliphatic rings. The second-order valence-electron chi connectivity index (χ2n) is 4.42. The molecule has 2 rings (SSSR count). The molecule has 0 aliphatic heterocycles. The Morgan fingerprint density at radius 3 is 2.63 bits per heavy atom. The lowest BCUT2D eigenvalue weighted by Gasteiger charge is -2.19. The van der Waals surface area contributed by atoms with Crippen molar-refractivity contribution in [2.75, 3.05) is 20.2 Å². The monoisotopic (exact) mass is 278 g/mol. The Bertz CT molecular complexity index is 567. The van der Waals surface area contributed by atoms with Crippen molar-refractivity contribution in [1.82, 2.24) is 9.88 Å². The average Bonchev–Trinajstić information content (AvgIpc) is 2.43. The van der Waals surface area contributed by atoms with Gasteiger partial charge in [0.1, 0.15) is 16.4 Å². The van der Waals surface area contributed by atoms with E-state index in [9.17, 15) is 0 Å². The Hall–Kier alpha value is -1.32. The molecule has 0 fully saturated rings. The van der Waals surface area contributed by atoms with Gasteiger partial charge in [-0.1, -0.05) is 37.6 Å². The first-order valence-corrected chi connectivity index (χ1v) is 6.91. The van der Waals surface area contributed by atoms with Crippen molar-refractivity contribution >= 4 is 22.5 Å².